The number of nitrogens with zero attached hydrogens (tertiary/aromatic N) is 2. The van der Waals surface area contributed by atoms with Crippen molar-refractivity contribution in [3.63, 3.8) is 0 Å². The number of likely N-dealkylation sites (tertiary alicyclic amines) is 2. The zero-order chi connectivity index (χ0) is 29.9. The lowest BCUT2D eigenvalue weighted by atomic mass is 10.1. The molecule has 0 aliphatic carbocycles. The lowest BCUT2D eigenvalue weighted by Gasteiger charge is -2.34. The van der Waals surface area contributed by atoms with Crippen molar-refractivity contribution in [3.05, 3.63) is 73.0 Å². The third-order valence-electron chi connectivity index (χ3n) is 7.36. The van der Waals surface area contributed by atoms with Crippen LogP contribution in [0.15, 0.2) is 52.7 Å². The molecule has 5 rings (SSSR count). The van der Waals surface area contributed by atoms with Gasteiger partial charge in [-0.1, -0.05) is 29.8 Å². The second-order valence-electron chi connectivity index (χ2n) is 10.2. The number of H-pyrrole nitrogens is 1. The molecule has 0 bridgehead atoms. The highest BCUT2D eigenvalue weighted by molar-refractivity contribution is 7.92. The van der Waals surface area contributed by atoms with E-state index in [4.69, 9.17) is 11.6 Å². The monoisotopic (exact) mass is 631 g/mol. The standard InChI is InChI=1S/C28H30ClN5O6S2/c29-24-10-9-19(41-24)11-14-42(39,40)32-23-8-4-12-33(28(23)38)17-26(36)34-13-3-5-18(34)16-30-27(37)21-15-25(35)31-22-7-2-1-6-20(21)22/h1-2,6-7,9-11,14-15,18,23,32H,3-5,8,12-13,16-17H2,(H,30,37)(H,31,35)/t18-,23+/m1/s1. The van der Waals surface area contributed by atoms with Gasteiger partial charge in [0.2, 0.25) is 27.4 Å². The number of aromatic nitrogens is 1. The maximum atomic E-state index is 13.3. The SMILES string of the molecule is O=C(NC[C@H]1CCCN1C(=O)CN1CCC[C@H](NS(=O)(=O)C=Cc2ccc(Cl)s2)C1=O)c1cc(=O)[nH]c2ccccc12. The van der Waals surface area contributed by atoms with Crippen molar-refractivity contribution >= 4 is 67.7 Å². The van der Waals surface area contributed by atoms with Crippen LogP contribution in [-0.2, 0) is 19.6 Å². The minimum atomic E-state index is -3.91. The van der Waals surface area contributed by atoms with Gasteiger partial charge in [-0.05, 0) is 50.0 Å². The van der Waals surface area contributed by atoms with E-state index in [0.717, 1.165) is 11.8 Å². The van der Waals surface area contributed by atoms with E-state index in [-0.39, 0.29) is 36.2 Å². The first-order chi connectivity index (χ1) is 20.1. The molecule has 3 N–H and O–H groups in total. The van der Waals surface area contributed by atoms with E-state index in [9.17, 15) is 27.6 Å². The maximum Gasteiger partial charge on any atom is 0.252 e. The van der Waals surface area contributed by atoms with Crippen LogP contribution in [-0.4, -0.2) is 79.2 Å². The fraction of sp³-hybridized carbons (Fsp3) is 0.357. The van der Waals surface area contributed by atoms with Crippen LogP contribution in [0.4, 0.5) is 0 Å². The number of aromatic amines is 1. The Hall–Kier alpha value is -3.52. The average molecular weight is 632 g/mol. The number of para-hydroxylation sites is 1. The number of carbonyl (C=O) groups is 3. The third kappa shape index (κ3) is 7.09. The van der Waals surface area contributed by atoms with Gasteiger partial charge in [-0.3, -0.25) is 19.2 Å². The van der Waals surface area contributed by atoms with Crippen LogP contribution in [0.5, 0.6) is 0 Å². The topological polar surface area (TPSA) is 149 Å². The summed E-state index contributed by atoms with van der Waals surface area (Å²) in [7, 11) is -3.91. The van der Waals surface area contributed by atoms with E-state index >= 15 is 0 Å². The van der Waals surface area contributed by atoms with Crippen LogP contribution >= 0.6 is 22.9 Å². The fourth-order valence-electron chi connectivity index (χ4n) is 5.35. The quantitative estimate of drug-likeness (QED) is 0.331. The Morgan fingerprint density at radius 3 is 2.67 bits per heavy atom. The number of benzene rings is 1. The highest BCUT2D eigenvalue weighted by atomic mass is 35.5. The molecule has 2 atom stereocenters. The number of nitrogens with one attached hydrogen (secondary N) is 3. The zero-order valence-corrected chi connectivity index (χ0v) is 24.9. The summed E-state index contributed by atoms with van der Waals surface area (Å²) in [5.41, 5.74) is 0.432. The molecular weight excluding hydrogens is 602 g/mol. The Balaban J connectivity index is 1.18. The van der Waals surface area contributed by atoms with Gasteiger partial charge < -0.3 is 20.1 Å². The van der Waals surface area contributed by atoms with Crippen LogP contribution in [0.3, 0.4) is 0 Å². The molecule has 2 aliphatic rings. The summed E-state index contributed by atoms with van der Waals surface area (Å²) >= 11 is 7.12. The summed E-state index contributed by atoms with van der Waals surface area (Å²) < 4.78 is 28.2. The molecule has 3 aromatic rings. The number of rotatable bonds is 9. The van der Waals surface area contributed by atoms with Crippen LogP contribution in [0.25, 0.3) is 17.0 Å². The van der Waals surface area contributed by atoms with Crippen LogP contribution in [0, 0.1) is 0 Å². The van der Waals surface area contributed by atoms with Crippen molar-refractivity contribution < 1.29 is 22.8 Å². The van der Waals surface area contributed by atoms with Crippen LogP contribution in [0.2, 0.25) is 4.34 Å². The van der Waals surface area contributed by atoms with Gasteiger partial charge in [0.1, 0.15) is 6.04 Å². The predicted octanol–water partition coefficient (Wildman–Crippen LogP) is 2.55. The Morgan fingerprint density at radius 2 is 1.88 bits per heavy atom. The zero-order valence-electron chi connectivity index (χ0n) is 22.5. The minimum Gasteiger partial charge on any atom is -0.350 e. The summed E-state index contributed by atoms with van der Waals surface area (Å²) in [4.78, 5) is 57.9. The number of carbonyl (C=O) groups excluding carboxylic acids is 3. The molecule has 2 fully saturated rings. The van der Waals surface area contributed by atoms with E-state index in [2.05, 4.69) is 15.0 Å². The van der Waals surface area contributed by atoms with Gasteiger partial charge in [0.05, 0.1) is 16.4 Å². The number of sulfonamides is 1. The summed E-state index contributed by atoms with van der Waals surface area (Å²) in [6, 6.07) is 10.4. The van der Waals surface area contributed by atoms with E-state index in [1.165, 1.54) is 28.4 Å². The lowest BCUT2D eigenvalue weighted by molar-refractivity contribution is -0.143. The smallest absolute Gasteiger partial charge is 0.252 e. The molecule has 1 aromatic carbocycles. The molecule has 2 saturated heterocycles. The molecule has 222 valence electrons. The van der Waals surface area contributed by atoms with Crippen LogP contribution in [0.1, 0.15) is 40.9 Å². The highest BCUT2D eigenvalue weighted by Crippen LogP contribution is 2.23. The first kappa shape index (κ1) is 30.0. The first-order valence-electron chi connectivity index (χ1n) is 13.5. The molecule has 11 nitrogen and oxygen atoms in total. The number of amides is 3. The number of halogens is 1. The third-order valence-corrected chi connectivity index (χ3v) is 9.66. The van der Waals surface area contributed by atoms with Crippen LogP contribution < -0.4 is 15.6 Å². The summed E-state index contributed by atoms with van der Waals surface area (Å²) in [5.74, 6) is -1.12. The molecule has 0 radical (unpaired) electrons. The Kier molecular flexibility index (Phi) is 9.11. The normalized spacial score (nSPS) is 19.6. The average Bonchev–Trinajstić information content (AvgIpc) is 3.61. The second-order valence-corrected chi connectivity index (χ2v) is 13.6. The van der Waals surface area contributed by atoms with Crippen molar-refractivity contribution in [2.45, 2.75) is 37.8 Å². The maximum absolute atomic E-state index is 13.3. The fourth-order valence-corrected chi connectivity index (χ4v) is 7.42. The van der Waals surface area contributed by atoms with Crippen molar-refractivity contribution in [2.75, 3.05) is 26.2 Å². The number of hydrogen-bond acceptors (Lipinski definition) is 7. The number of pyridine rings is 1. The molecule has 0 saturated carbocycles. The van der Waals surface area contributed by atoms with Gasteiger partial charge in [0, 0.05) is 52.9 Å². The Morgan fingerprint density at radius 1 is 1.10 bits per heavy atom. The van der Waals surface area contributed by atoms with Gasteiger partial charge in [-0.2, -0.15) is 4.72 Å². The van der Waals surface area contributed by atoms with Gasteiger partial charge in [0.25, 0.3) is 5.91 Å². The Bertz CT molecular complexity index is 1700. The van der Waals surface area contributed by atoms with Crippen molar-refractivity contribution in [2.24, 2.45) is 0 Å². The molecule has 0 unspecified atom stereocenters. The number of fused-ring (bicyclic) bond motifs is 1. The summed E-state index contributed by atoms with van der Waals surface area (Å²) in [6.07, 6.45) is 3.72. The largest absolute Gasteiger partial charge is 0.350 e. The minimum absolute atomic E-state index is 0.177. The van der Waals surface area contributed by atoms with E-state index < -0.39 is 27.9 Å². The number of hydrogen-bond donors (Lipinski definition) is 3. The highest BCUT2D eigenvalue weighted by Gasteiger charge is 2.35. The van der Waals surface area contributed by atoms with Gasteiger partial charge in [-0.15, -0.1) is 11.3 Å². The lowest BCUT2D eigenvalue weighted by Crippen LogP contribution is -2.55. The van der Waals surface area contributed by atoms with E-state index in [1.54, 1.807) is 41.3 Å². The second kappa shape index (κ2) is 12.8. The molecule has 3 amide bonds. The molecule has 2 aromatic heterocycles. The van der Waals surface area contributed by atoms with Crippen molar-refractivity contribution in [1.82, 2.24) is 24.8 Å². The number of piperidine rings is 1. The van der Waals surface area contributed by atoms with Gasteiger partial charge in [0.15, 0.2) is 0 Å². The van der Waals surface area contributed by atoms with Gasteiger partial charge in [-0.25, -0.2) is 8.42 Å². The predicted molar refractivity (Wildman–Crippen MR) is 162 cm³/mol. The number of thiophene rings is 1. The van der Waals surface area contributed by atoms with Gasteiger partial charge >= 0.3 is 0 Å². The van der Waals surface area contributed by atoms with E-state index in [0.29, 0.717) is 52.5 Å². The molecule has 14 heteroatoms. The first-order valence-corrected chi connectivity index (χ1v) is 16.3. The molecule has 2 aliphatic heterocycles. The molecule has 4 heterocycles. The molecule has 42 heavy (non-hydrogen) atoms. The summed E-state index contributed by atoms with van der Waals surface area (Å²) in [5, 5.41) is 4.48. The molecular formula is C28H30ClN5O6S2. The van der Waals surface area contributed by atoms with Crippen molar-refractivity contribution in [1.29, 1.82) is 0 Å². The Labute approximate surface area is 251 Å². The van der Waals surface area contributed by atoms with E-state index in [1.807, 2.05) is 0 Å². The molecule has 0 spiro atoms. The van der Waals surface area contributed by atoms with Crippen molar-refractivity contribution in [3.8, 4) is 0 Å². The summed E-state index contributed by atoms with van der Waals surface area (Å²) in [6.45, 7) is 0.855.